The first-order chi connectivity index (χ1) is 13.7. The van der Waals surface area contributed by atoms with Gasteiger partial charge in [0.1, 0.15) is 18.1 Å². The predicted octanol–water partition coefficient (Wildman–Crippen LogP) is 5.26. The van der Waals surface area contributed by atoms with Crippen LogP contribution in [-0.4, -0.2) is 25.7 Å². The highest BCUT2D eigenvalue weighted by atomic mass is 16.5. The molecule has 0 fully saturated rings. The van der Waals surface area contributed by atoms with Gasteiger partial charge in [-0.2, -0.15) is 0 Å². The van der Waals surface area contributed by atoms with Gasteiger partial charge in [0, 0.05) is 11.8 Å². The molecule has 150 valence electrons. The van der Waals surface area contributed by atoms with Crippen LogP contribution < -0.4 is 20.1 Å². The second-order valence-electron chi connectivity index (χ2n) is 6.43. The molecule has 1 amide bonds. The summed E-state index contributed by atoms with van der Waals surface area (Å²) in [6, 6.07) is 15.0. The number of nitrogens with one attached hydrogen (secondary N) is 2. The molecule has 0 bridgehead atoms. The molecule has 0 aromatic heterocycles. The third kappa shape index (κ3) is 7.74. The second kappa shape index (κ2) is 12.4. The lowest BCUT2D eigenvalue weighted by atomic mass is 10.2. The molecule has 2 aromatic carbocycles. The minimum absolute atomic E-state index is 0.149. The summed E-state index contributed by atoms with van der Waals surface area (Å²) < 4.78 is 11.3. The van der Waals surface area contributed by atoms with Crippen LogP contribution in [0.1, 0.15) is 32.6 Å². The van der Waals surface area contributed by atoms with Crippen molar-refractivity contribution in [3.05, 3.63) is 61.2 Å². The lowest BCUT2D eigenvalue weighted by Gasteiger charge is -2.13. The number of anilines is 2. The fraction of sp³-hybridized carbons (Fsp3) is 0.348. The Bertz CT molecular complexity index is 746. The number of benzene rings is 2. The van der Waals surface area contributed by atoms with Gasteiger partial charge >= 0.3 is 0 Å². The lowest BCUT2D eigenvalue weighted by molar-refractivity contribution is -0.114. The normalized spacial score (nSPS) is 10.2. The summed E-state index contributed by atoms with van der Waals surface area (Å²) in [5, 5.41) is 6.00. The third-order valence-corrected chi connectivity index (χ3v) is 4.07. The summed E-state index contributed by atoms with van der Waals surface area (Å²) in [5.41, 5.74) is 1.48. The zero-order chi connectivity index (χ0) is 20.0. The standard InChI is InChI=1S/C23H30N2O3/c1-3-5-6-9-16-27-20-12-10-11-19(17-20)24-18-23(26)25-21-13-7-8-14-22(21)28-15-4-2/h4,7-8,10-14,17,24H,2-3,5-6,9,15-16,18H2,1H3,(H,25,26). The second-order valence-corrected chi connectivity index (χ2v) is 6.43. The van der Waals surface area contributed by atoms with Gasteiger partial charge in [0.05, 0.1) is 18.8 Å². The largest absolute Gasteiger partial charge is 0.494 e. The van der Waals surface area contributed by atoms with E-state index in [4.69, 9.17) is 9.47 Å². The van der Waals surface area contributed by atoms with E-state index in [0.29, 0.717) is 24.7 Å². The molecule has 0 aliphatic rings. The van der Waals surface area contributed by atoms with Gasteiger partial charge in [-0.25, -0.2) is 0 Å². The summed E-state index contributed by atoms with van der Waals surface area (Å²) in [6.07, 6.45) is 6.36. The van der Waals surface area contributed by atoms with E-state index in [9.17, 15) is 4.79 Å². The maximum absolute atomic E-state index is 12.3. The Labute approximate surface area is 167 Å². The van der Waals surface area contributed by atoms with Crippen LogP contribution in [0.4, 0.5) is 11.4 Å². The zero-order valence-electron chi connectivity index (χ0n) is 16.6. The van der Waals surface area contributed by atoms with E-state index < -0.39 is 0 Å². The number of hydrogen-bond donors (Lipinski definition) is 2. The first-order valence-corrected chi connectivity index (χ1v) is 9.82. The van der Waals surface area contributed by atoms with Crippen molar-refractivity contribution in [2.75, 3.05) is 30.4 Å². The molecule has 0 aliphatic carbocycles. The minimum atomic E-state index is -0.152. The Balaban J connectivity index is 1.81. The smallest absolute Gasteiger partial charge is 0.243 e. The van der Waals surface area contributed by atoms with Gasteiger partial charge in [-0.05, 0) is 30.7 Å². The van der Waals surface area contributed by atoms with Gasteiger partial charge in [-0.3, -0.25) is 4.79 Å². The third-order valence-electron chi connectivity index (χ3n) is 4.07. The molecule has 2 N–H and O–H groups in total. The molecule has 0 saturated heterocycles. The van der Waals surface area contributed by atoms with E-state index in [-0.39, 0.29) is 12.5 Å². The van der Waals surface area contributed by atoms with Gasteiger partial charge in [0.2, 0.25) is 5.91 Å². The van der Waals surface area contributed by atoms with Crippen LogP contribution in [0.25, 0.3) is 0 Å². The molecule has 5 nitrogen and oxygen atoms in total. The van der Waals surface area contributed by atoms with E-state index in [1.54, 1.807) is 6.08 Å². The number of amides is 1. The number of unbranched alkanes of at least 4 members (excludes halogenated alkanes) is 3. The molecule has 0 heterocycles. The van der Waals surface area contributed by atoms with E-state index >= 15 is 0 Å². The van der Waals surface area contributed by atoms with Crippen molar-refractivity contribution in [3.8, 4) is 11.5 Å². The van der Waals surface area contributed by atoms with Crippen LogP contribution >= 0.6 is 0 Å². The van der Waals surface area contributed by atoms with Crippen LogP contribution in [0.15, 0.2) is 61.2 Å². The van der Waals surface area contributed by atoms with E-state index in [1.807, 2.05) is 48.5 Å². The summed E-state index contributed by atoms with van der Waals surface area (Å²) in [7, 11) is 0. The molecule has 28 heavy (non-hydrogen) atoms. The van der Waals surface area contributed by atoms with Crippen molar-refractivity contribution in [2.45, 2.75) is 32.6 Å². The van der Waals surface area contributed by atoms with Crippen molar-refractivity contribution in [2.24, 2.45) is 0 Å². The fourth-order valence-electron chi connectivity index (χ4n) is 2.64. The zero-order valence-corrected chi connectivity index (χ0v) is 16.6. The van der Waals surface area contributed by atoms with Crippen LogP contribution in [0.5, 0.6) is 11.5 Å². The Morgan fingerprint density at radius 2 is 1.93 bits per heavy atom. The number of rotatable bonds is 13. The molecular weight excluding hydrogens is 352 g/mol. The van der Waals surface area contributed by atoms with Gasteiger partial charge in [0.25, 0.3) is 0 Å². The molecule has 0 saturated carbocycles. The maximum Gasteiger partial charge on any atom is 0.243 e. The minimum Gasteiger partial charge on any atom is -0.494 e. The highest BCUT2D eigenvalue weighted by Crippen LogP contribution is 2.23. The molecule has 0 atom stereocenters. The van der Waals surface area contributed by atoms with Crippen LogP contribution in [0.2, 0.25) is 0 Å². The van der Waals surface area contributed by atoms with Crippen LogP contribution in [0, 0.1) is 0 Å². The van der Waals surface area contributed by atoms with Crippen molar-refractivity contribution < 1.29 is 14.3 Å². The lowest BCUT2D eigenvalue weighted by Crippen LogP contribution is -2.22. The fourth-order valence-corrected chi connectivity index (χ4v) is 2.64. The average Bonchev–Trinajstić information content (AvgIpc) is 2.72. The Hall–Kier alpha value is -2.95. The van der Waals surface area contributed by atoms with E-state index in [0.717, 1.165) is 17.9 Å². The Morgan fingerprint density at radius 3 is 2.75 bits per heavy atom. The van der Waals surface area contributed by atoms with Crippen molar-refractivity contribution in [3.63, 3.8) is 0 Å². The van der Waals surface area contributed by atoms with Crippen molar-refractivity contribution in [1.29, 1.82) is 0 Å². The number of ether oxygens (including phenoxy) is 2. The van der Waals surface area contributed by atoms with Gasteiger partial charge in [-0.1, -0.05) is 57.0 Å². The molecule has 0 unspecified atom stereocenters. The predicted molar refractivity (Wildman–Crippen MR) is 115 cm³/mol. The molecule has 2 rings (SSSR count). The van der Waals surface area contributed by atoms with Crippen molar-refractivity contribution in [1.82, 2.24) is 0 Å². The molecular formula is C23H30N2O3. The molecule has 2 aromatic rings. The molecule has 0 spiro atoms. The number of hydrogen-bond acceptors (Lipinski definition) is 4. The Morgan fingerprint density at radius 1 is 1.07 bits per heavy atom. The van der Waals surface area contributed by atoms with Gasteiger partial charge in [-0.15, -0.1) is 0 Å². The Kier molecular flexibility index (Phi) is 9.49. The van der Waals surface area contributed by atoms with E-state index in [2.05, 4.69) is 24.1 Å². The molecule has 5 heteroatoms. The maximum atomic E-state index is 12.3. The summed E-state index contributed by atoms with van der Waals surface area (Å²) in [5.74, 6) is 1.28. The summed E-state index contributed by atoms with van der Waals surface area (Å²) >= 11 is 0. The topological polar surface area (TPSA) is 59.6 Å². The van der Waals surface area contributed by atoms with E-state index in [1.165, 1.54) is 19.3 Å². The van der Waals surface area contributed by atoms with Gasteiger partial charge < -0.3 is 20.1 Å². The molecule has 0 radical (unpaired) electrons. The monoisotopic (exact) mass is 382 g/mol. The van der Waals surface area contributed by atoms with Crippen molar-refractivity contribution >= 4 is 17.3 Å². The van der Waals surface area contributed by atoms with Crippen LogP contribution in [-0.2, 0) is 4.79 Å². The first-order valence-electron chi connectivity index (χ1n) is 9.82. The average molecular weight is 383 g/mol. The summed E-state index contributed by atoms with van der Waals surface area (Å²) in [4.78, 5) is 12.3. The number of carbonyl (C=O) groups is 1. The van der Waals surface area contributed by atoms with Crippen LogP contribution in [0.3, 0.4) is 0 Å². The number of para-hydroxylation sites is 2. The number of carbonyl (C=O) groups excluding carboxylic acids is 1. The quantitative estimate of drug-likeness (QED) is 0.366. The molecule has 0 aliphatic heterocycles. The highest BCUT2D eigenvalue weighted by molar-refractivity contribution is 5.95. The SMILES string of the molecule is C=CCOc1ccccc1NC(=O)CNc1cccc(OCCCCCC)c1. The summed E-state index contributed by atoms with van der Waals surface area (Å²) in [6.45, 7) is 7.08. The highest BCUT2D eigenvalue weighted by Gasteiger charge is 2.07. The van der Waals surface area contributed by atoms with Gasteiger partial charge in [0.15, 0.2) is 0 Å². The first kappa shape index (κ1) is 21.4.